The van der Waals surface area contributed by atoms with Crippen LogP contribution in [0.2, 0.25) is 0 Å². The Labute approximate surface area is 96.3 Å². The molecule has 1 saturated heterocycles. The average Bonchev–Trinajstić information content (AvgIpc) is 2.25. The van der Waals surface area contributed by atoms with Crippen molar-refractivity contribution in [3.05, 3.63) is 30.3 Å². The van der Waals surface area contributed by atoms with E-state index in [1.54, 1.807) is 0 Å². The van der Waals surface area contributed by atoms with Gasteiger partial charge in [0.2, 0.25) is 10.0 Å². The first-order valence-corrected chi connectivity index (χ1v) is 7.10. The number of nitrogens with one attached hydrogen (secondary N) is 1. The van der Waals surface area contributed by atoms with E-state index in [-0.39, 0.29) is 5.75 Å². The second-order valence-electron chi connectivity index (χ2n) is 3.89. The van der Waals surface area contributed by atoms with Crippen LogP contribution < -0.4 is 9.62 Å². The van der Waals surface area contributed by atoms with Crippen LogP contribution in [-0.2, 0) is 10.0 Å². The Hall–Kier alpha value is -1.07. The summed E-state index contributed by atoms with van der Waals surface area (Å²) in [5.74, 6) is 0.219. The zero-order chi connectivity index (χ0) is 11.4. The van der Waals surface area contributed by atoms with Crippen molar-refractivity contribution in [1.82, 2.24) is 4.72 Å². The lowest BCUT2D eigenvalue weighted by Gasteiger charge is -2.27. The highest BCUT2D eigenvalue weighted by molar-refractivity contribution is 7.89. The third-order valence-electron chi connectivity index (χ3n) is 2.67. The smallest absolute Gasteiger partial charge is 0.211 e. The van der Waals surface area contributed by atoms with Crippen molar-refractivity contribution in [2.24, 2.45) is 0 Å². The molecule has 0 bridgehead atoms. The van der Waals surface area contributed by atoms with Gasteiger partial charge in [0.05, 0.1) is 5.75 Å². The van der Waals surface area contributed by atoms with Crippen molar-refractivity contribution in [2.45, 2.75) is 6.42 Å². The first kappa shape index (κ1) is 11.4. The van der Waals surface area contributed by atoms with Crippen LogP contribution in [0.25, 0.3) is 0 Å². The maximum absolute atomic E-state index is 11.3. The molecule has 2 rings (SSSR count). The number of nitrogens with zero attached hydrogens (tertiary/aromatic N) is 1. The number of para-hydroxylation sites is 1. The normalized spacial score (nSPS) is 21.1. The van der Waals surface area contributed by atoms with E-state index in [0.29, 0.717) is 13.0 Å². The van der Waals surface area contributed by atoms with E-state index in [1.807, 2.05) is 18.2 Å². The lowest BCUT2D eigenvalue weighted by molar-refractivity contribution is 0.570. The number of sulfonamides is 1. The molecule has 0 aromatic heterocycles. The van der Waals surface area contributed by atoms with Crippen LogP contribution in [0.4, 0.5) is 5.69 Å². The molecule has 1 N–H and O–H groups in total. The van der Waals surface area contributed by atoms with Crippen molar-refractivity contribution in [2.75, 3.05) is 30.3 Å². The summed E-state index contributed by atoms with van der Waals surface area (Å²) in [4.78, 5) is 2.21. The third kappa shape index (κ3) is 2.96. The highest BCUT2D eigenvalue weighted by atomic mass is 32.2. The summed E-state index contributed by atoms with van der Waals surface area (Å²) in [6.07, 6.45) is 0.671. The molecule has 1 aromatic carbocycles. The van der Waals surface area contributed by atoms with Gasteiger partial charge in [0.15, 0.2) is 0 Å². The summed E-state index contributed by atoms with van der Waals surface area (Å²) < 4.78 is 25.3. The zero-order valence-corrected chi connectivity index (χ0v) is 9.91. The molecule has 1 aliphatic rings. The molecular weight excluding hydrogens is 224 g/mol. The van der Waals surface area contributed by atoms with Crippen LogP contribution >= 0.6 is 0 Å². The first-order chi connectivity index (χ1) is 7.67. The topological polar surface area (TPSA) is 49.4 Å². The molecule has 1 aromatic rings. The minimum atomic E-state index is -3.02. The summed E-state index contributed by atoms with van der Waals surface area (Å²) in [5.41, 5.74) is 1.16. The molecule has 1 aliphatic heterocycles. The molecular formula is C11H16N2O2S. The molecule has 0 radical (unpaired) electrons. The van der Waals surface area contributed by atoms with E-state index in [1.165, 1.54) is 0 Å². The monoisotopic (exact) mass is 240 g/mol. The Morgan fingerprint density at radius 2 is 1.88 bits per heavy atom. The van der Waals surface area contributed by atoms with Gasteiger partial charge >= 0.3 is 0 Å². The predicted octanol–water partition coefficient (Wildman–Crippen LogP) is 0.816. The largest absolute Gasteiger partial charge is 0.370 e. The maximum atomic E-state index is 11.3. The Morgan fingerprint density at radius 1 is 1.12 bits per heavy atom. The lowest BCUT2D eigenvalue weighted by Crippen LogP contribution is -2.40. The van der Waals surface area contributed by atoms with Crippen LogP contribution in [0.1, 0.15) is 6.42 Å². The Balaban J connectivity index is 2.04. The highest BCUT2D eigenvalue weighted by Gasteiger charge is 2.15. The molecule has 88 valence electrons. The van der Waals surface area contributed by atoms with Crippen LogP contribution in [0.15, 0.2) is 30.3 Å². The fourth-order valence-electron chi connectivity index (χ4n) is 1.86. The Kier molecular flexibility index (Phi) is 3.46. The van der Waals surface area contributed by atoms with Crippen molar-refractivity contribution in [3.8, 4) is 0 Å². The highest BCUT2D eigenvalue weighted by Crippen LogP contribution is 2.14. The van der Waals surface area contributed by atoms with E-state index in [4.69, 9.17) is 0 Å². The summed E-state index contributed by atoms with van der Waals surface area (Å²) in [7, 11) is -3.02. The van der Waals surface area contributed by atoms with E-state index in [9.17, 15) is 8.42 Å². The molecule has 0 spiro atoms. The van der Waals surface area contributed by atoms with Crippen LogP contribution in [0, 0.1) is 0 Å². The van der Waals surface area contributed by atoms with Gasteiger partial charge in [-0.25, -0.2) is 13.1 Å². The van der Waals surface area contributed by atoms with Gasteiger partial charge in [-0.1, -0.05) is 18.2 Å². The van der Waals surface area contributed by atoms with Crippen LogP contribution in [0.5, 0.6) is 0 Å². The van der Waals surface area contributed by atoms with Gasteiger partial charge in [0.1, 0.15) is 0 Å². The van der Waals surface area contributed by atoms with Crippen molar-refractivity contribution < 1.29 is 8.42 Å². The van der Waals surface area contributed by atoms with Gasteiger partial charge in [-0.05, 0) is 18.6 Å². The van der Waals surface area contributed by atoms with Gasteiger partial charge in [-0.3, -0.25) is 0 Å². The van der Waals surface area contributed by atoms with Crippen LogP contribution in [-0.4, -0.2) is 33.8 Å². The molecule has 1 heterocycles. The standard InChI is InChI=1S/C11H16N2O2S/c14-16(15)10-4-8-13(9-7-12-16)11-5-2-1-3-6-11/h1-3,5-6,12H,4,7-10H2. The summed E-state index contributed by atoms with van der Waals surface area (Å²) in [6, 6.07) is 10.1. The Morgan fingerprint density at radius 3 is 2.62 bits per heavy atom. The number of hydrogen-bond donors (Lipinski definition) is 1. The molecule has 4 nitrogen and oxygen atoms in total. The second-order valence-corrected chi connectivity index (χ2v) is 5.82. The SMILES string of the molecule is O=S1(=O)CCCN(c2ccccc2)CCN1. The van der Waals surface area contributed by atoms with E-state index in [0.717, 1.165) is 18.8 Å². The van der Waals surface area contributed by atoms with Gasteiger partial charge < -0.3 is 4.90 Å². The molecule has 16 heavy (non-hydrogen) atoms. The fourth-order valence-corrected chi connectivity index (χ4v) is 2.92. The second kappa shape index (κ2) is 4.84. The van der Waals surface area contributed by atoms with E-state index >= 15 is 0 Å². The van der Waals surface area contributed by atoms with Gasteiger partial charge in [-0.2, -0.15) is 0 Å². The van der Waals surface area contributed by atoms with Gasteiger partial charge in [0, 0.05) is 25.3 Å². The van der Waals surface area contributed by atoms with Gasteiger partial charge in [0.25, 0.3) is 0 Å². The Bertz CT molecular complexity index is 415. The predicted molar refractivity (Wildman–Crippen MR) is 65.1 cm³/mol. The zero-order valence-electron chi connectivity index (χ0n) is 9.09. The summed E-state index contributed by atoms with van der Waals surface area (Å²) >= 11 is 0. The van der Waals surface area contributed by atoms with Crippen molar-refractivity contribution >= 4 is 15.7 Å². The minimum absolute atomic E-state index is 0.219. The molecule has 1 fully saturated rings. The summed E-state index contributed by atoms with van der Waals surface area (Å²) in [5, 5.41) is 0. The minimum Gasteiger partial charge on any atom is -0.370 e. The van der Waals surface area contributed by atoms with Gasteiger partial charge in [-0.15, -0.1) is 0 Å². The maximum Gasteiger partial charge on any atom is 0.211 e. The molecule has 0 aliphatic carbocycles. The molecule has 0 saturated carbocycles. The van der Waals surface area contributed by atoms with Crippen LogP contribution in [0.3, 0.4) is 0 Å². The number of benzene rings is 1. The molecule has 5 heteroatoms. The fraction of sp³-hybridized carbons (Fsp3) is 0.455. The van der Waals surface area contributed by atoms with Crippen molar-refractivity contribution in [1.29, 1.82) is 0 Å². The van der Waals surface area contributed by atoms with E-state index in [2.05, 4.69) is 21.8 Å². The number of hydrogen-bond acceptors (Lipinski definition) is 3. The van der Waals surface area contributed by atoms with E-state index < -0.39 is 10.0 Å². The average molecular weight is 240 g/mol. The molecule has 0 unspecified atom stereocenters. The summed E-state index contributed by atoms with van der Waals surface area (Å²) in [6.45, 7) is 2.01. The molecule has 0 amide bonds. The third-order valence-corrected chi connectivity index (χ3v) is 4.14. The number of anilines is 1. The first-order valence-electron chi connectivity index (χ1n) is 5.45. The van der Waals surface area contributed by atoms with Crippen molar-refractivity contribution in [3.63, 3.8) is 0 Å². The lowest BCUT2D eigenvalue weighted by atomic mass is 10.2. The number of rotatable bonds is 1. The molecule has 0 atom stereocenters. The quantitative estimate of drug-likeness (QED) is 0.790.